The summed E-state index contributed by atoms with van der Waals surface area (Å²) in [7, 11) is 0. The highest BCUT2D eigenvalue weighted by molar-refractivity contribution is 7.99. The molecule has 0 aliphatic carbocycles. The van der Waals surface area contributed by atoms with Gasteiger partial charge in [-0.25, -0.2) is 0 Å². The maximum atomic E-state index is 12.3. The van der Waals surface area contributed by atoms with E-state index in [0.717, 1.165) is 17.7 Å². The van der Waals surface area contributed by atoms with E-state index in [-0.39, 0.29) is 25.2 Å². The van der Waals surface area contributed by atoms with Crippen LogP contribution in [-0.2, 0) is 9.59 Å². The number of benzene rings is 1. The first-order valence-corrected chi connectivity index (χ1v) is 9.23. The Morgan fingerprint density at radius 1 is 1.29 bits per heavy atom. The number of nitrogens with zero attached hydrogens (tertiary/aromatic N) is 1. The molecular formula is C17H21NO5S. The first kappa shape index (κ1) is 17.0. The van der Waals surface area contributed by atoms with Gasteiger partial charge < -0.3 is 19.5 Å². The number of carbonyl (C=O) groups is 2. The maximum absolute atomic E-state index is 12.3. The van der Waals surface area contributed by atoms with E-state index in [1.54, 1.807) is 22.7 Å². The first-order chi connectivity index (χ1) is 11.6. The number of hydrogen-bond donors (Lipinski definition) is 1. The smallest absolute Gasteiger partial charge is 0.308 e. The molecular weight excluding hydrogens is 330 g/mol. The van der Waals surface area contributed by atoms with E-state index in [4.69, 9.17) is 9.47 Å². The topological polar surface area (TPSA) is 76.1 Å². The molecule has 6 nitrogen and oxygen atoms in total. The summed E-state index contributed by atoms with van der Waals surface area (Å²) in [6, 6.07) is 5.51. The van der Waals surface area contributed by atoms with Gasteiger partial charge in [0.15, 0.2) is 11.5 Å². The van der Waals surface area contributed by atoms with Gasteiger partial charge in [0.1, 0.15) is 0 Å². The molecule has 1 aromatic rings. The van der Waals surface area contributed by atoms with E-state index in [1.807, 2.05) is 12.1 Å². The van der Waals surface area contributed by atoms with Gasteiger partial charge in [-0.2, -0.15) is 11.8 Å². The summed E-state index contributed by atoms with van der Waals surface area (Å²) in [6.07, 6.45) is 1.02. The van der Waals surface area contributed by atoms with E-state index in [0.29, 0.717) is 23.8 Å². The standard InChI is InChI=1S/C17H21NO5S/c1-2-5-24-9-16(19)18-7-12(13(8-18)17(20)21)11-3-4-14-15(6-11)23-10-22-14/h3-4,6,12-13H,2,5,7-10H2,1H3,(H,20,21)/t12-,13+/m1/s1. The number of carboxylic acids is 1. The van der Waals surface area contributed by atoms with Crippen LogP contribution in [0.4, 0.5) is 0 Å². The Hall–Kier alpha value is -1.89. The second kappa shape index (κ2) is 7.34. The van der Waals surface area contributed by atoms with Crippen LogP contribution in [0, 0.1) is 5.92 Å². The van der Waals surface area contributed by atoms with Crippen molar-refractivity contribution in [2.24, 2.45) is 5.92 Å². The van der Waals surface area contributed by atoms with Crippen molar-refractivity contribution in [3.63, 3.8) is 0 Å². The average Bonchev–Trinajstić information content (AvgIpc) is 3.21. The molecule has 0 aromatic heterocycles. The van der Waals surface area contributed by atoms with Gasteiger partial charge >= 0.3 is 5.97 Å². The molecule has 2 atom stereocenters. The van der Waals surface area contributed by atoms with E-state index in [9.17, 15) is 14.7 Å². The Morgan fingerprint density at radius 2 is 2.08 bits per heavy atom. The molecule has 130 valence electrons. The van der Waals surface area contributed by atoms with Gasteiger partial charge in [-0.3, -0.25) is 9.59 Å². The average molecular weight is 351 g/mol. The summed E-state index contributed by atoms with van der Waals surface area (Å²) < 4.78 is 10.7. The van der Waals surface area contributed by atoms with Crippen LogP contribution in [0.1, 0.15) is 24.8 Å². The Kier molecular flexibility index (Phi) is 5.18. The fraction of sp³-hybridized carbons (Fsp3) is 0.529. The minimum Gasteiger partial charge on any atom is -0.481 e. The molecule has 0 radical (unpaired) electrons. The number of aliphatic carboxylic acids is 1. The molecule has 7 heteroatoms. The van der Waals surface area contributed by atoms with Crippen LogP contribution in [0.5, 0.6) is 11.5 Å². The zero-order valence-electron chi connectivity index (χ0n) is 13.6. The van der Waals surface area contributed by atoms with Crippen molar-refractivity contribution in [1.29, 1.82) is 0 Å². The van der Waals surface area contributed by atoms with Crippen LogP contribution in [0.2, 0.25) is 0 Å². The van der Waals surface area contributed by atoms with Gasteiger partial charge in [0, 0.05) is 19.0 Å². The lowest BCUT2D eigenvalue weighted by Gasteiger charge is -2.16. The van der Waals surface area contributed by atoms with Gasteiger partial charge in [-0.1, -0.05) is 13.0 Å². The van der Waals surface area contributed by atoms with Crippen molar-refractivity contribution < 1.29 is 24.2 Å². The monoisotopic (exact) mass is 351 g/mol. The minimum atomic E-state index is -0.867. The second-order valence-electron chi connectivity index (χ2n) is 6.02. The molecule has 1 aromatic carbocycles. The van der Waals surface area contributed by atoms with Gasteiger partial charge in [0.2, 0.25) is 12.7 Å². The highest BCUT2D eigenvalue weighted by Crippen LogP contribution is 2.39. The third-order valence-corrected chi connectivity index (χ3v) is 5.54. The third-order valence-electron chi connectivity index (χ3n) is 4.39. The summed E-state index contributed by atoms with van der Waals surface area (Å²) in [4.78, 5) is 25.6. The van der Waals surface area contributed by atoms with E-state index >= 15 is 0 Å². The number of rotatable bonds is 6. The minimum absolute atomic E-state index is 0.0166. The molecule has 2 aliphatic rings. The highest BCUT2D eigenvalue weighted by atomic mass is 32.2. The van der Waals surface area contributed by atoms with Crippen LogP contribution < -0.4 is 9.47 Å². The molecule has 0 spiro atoms. The Morgan fingerprint density at radius 3 is 2.83 bits per heavy atom. The van der Waals surface area contributed by atoms with Gasteiger partial charge in [-0.05, 0) is 29.9 Å². The van der Waals surface area contributed by atoms with Crippen LogP contribution in [0.3, 0.4) is 0 Å². The predicted octanol–water partition coefficient (Wildman–Crippen LogP) is 2.19. The summed E-state index contributed by atoms with van der Waals surface area (Å²) in [5, 5.41) is 9.55. The summed E-state index contributed by atoms with van der Waals surface area (Å²) in [6.45, 7) is 2.95. The molecule has 1 N–H and O–H groups in total. The summed E-state index contributed by atoms with van der Waals surface area (Å²) >= 11 is 1.60. The first-order valence-electron chi connectivity index (χ1n) is 8.08. The maximum Gasteiger partial charge on any atom is 0.308 e. The molecule has 1 saturated heterocycles. The van der Waals surface area contributed by atoms with Crippen LogP contribution in [-0.4, -0.2) is 53.3 Å². The Labute approximate surface area is 145 Å². The number of thioether (sulfide) groups is 1. The summed E-state index contributed by atoms with van der Waals surface area (Å²) in [5.41, 5.74) is 0.878. The zero-order valence-corrected chi connectivity index (χ0v) is 14.4. The van der Waals surface area contributed by atoms with Crippen molar-refractivity contribution in [1.82, 2.24) is 4.90 Å². The number of amides is 1. The van der Waals surface area contributed by atoms with E-state index in [2.05, 4.69) is 6.92 Å². The van der Waals surface area contributed by atoms with E-state index < -0.39 is 11.9 Å². The SMILES string of the molecule is CCCSCC(=O)N1C[C@H](C(=O)O)[C@@H](c2ccc3c(c2)OCO3)C1. The van der Waals surface area contributed by atoms with Gasteiger partial charge in [0.25, 0.3) is 0 Å². The Bertz CT molecular complexity index is 635. The molecule has 2 heterocycles. The van der Waals surface area contributed by atoms with Crippen molar-refractivity contribution in [2.75, 3.05) is 31.4 Å². The normalized spacial score (nSPS) is 22.0. The molecule has 1 fully saturated rings. The third kappa shape index (κ3) is 3.45. The predicted molar refractivity (Wildman–Crippen MR) is 90.6 cm³/mol. The molecule has 2 aliphatic heterocycles. The fourth-order valence-corrected chi connectivity index (χ4v) is 3.92. The lowest BCUT2D eigenvalue weighted by atomic mass is 9.89. The van der Waals surface area contributed by atoms with Crippen molar-refractivity contribution in [2.45, 2.75) is 19.3 Å². The summed E-state index contributed by atoms with van der Waals surface area (Å²) in [5.74, 6) is 0.994. The number of carbonyl (C=O) groups excluding carboxylic acids is 1. The van der Waals surface area contributed by atoms with Crippen molar-refractivity contribution in [3.8, 4) is 11.5 Å². The molecule has 3 rings (SSSR count). The van der Waals surface area contributed by atoms with E-state index in [1.165, 1.54) is 0 Å². The lowest BCUT2D eigenvalue weighted by molar-refractivity contribution is -0.141. The fourth-order valence-electron chi connectivity index (χ4n) is 3.13. The molecule has 24 heavy (non-hydrogen) atoms. The number of ether oxygens (including phenoxy) is 2. The Balaban J connectivity index is 1.74. The number of fused-ring (bicyclic) bond motifs is 1. The number of carboxylic acid groups (broad SMARTS) is 1. The molecule has 0 bridgehead atoms. The van der Waals surface area contributed by atoms with Crippen LogP contribution in [0.15, 0.2) is 18.2 Å². The number of hydrogen-bond acceptors (Lipinski definition) is 5. The van der Waals surface area contributed by atoms with Gasteiger partial charge in [0.05, 0.1) is 11.7 Å². The second-order valence-corrected chi connectivity index (χ2v) is 7.12. The molecule has 1 amide bonds. The largest absolute Gasteiger partial charge is 0.481 e. The quantitative estimate of drug-likeness (QED) is 0.792. The van der Waals surface area contributed by atoms with Gasteiger partial charge in [-0.15, -0.1) is 0 Å². The van der Waals surface area contributed by atoms with Crippen molar-refractivity contribution in [3.05, 3.63) is 23.8 Å². The molecule has 0 saturated carbocycles. The van der Waals surface area contributed by atoms with Crippen LogP contribution >= 0.6 is 11.8 Å². The number of likely N-dealkylation sites (tertiary alicyclic amines) is 1. The van der Waals surface area contributed by atoms with Crippen molar-refractivity contribution >= 4 is 23.6 Å². The van der Waals surface area contributed by atoms with Crippen LogP contribution in [0.25, 0.3) is 0 Å². The highest BCUT2D eigenvalue weighted by Gasteiger charge is 2.40. The lowest BCUT2D eigenvalue weighted by Crippen LogP contribution is -2.31. The zero-order chi connectivity index (χ0) is 17.1. The molecule has 0 unspecified atom stereocenters.